The van der Waals surface area contributed by atoms with Gasteiger partial charge in [0.1, 0.15) is 18.7 Å². The third kappa shape index (κ3) is 4.78. The SMILES string of the molecule is COCO[C@@H]1C=C(c2ccccc2)O[C@H](CC(=O)c2ccccc2)C1. The average Bonchev–Trinajstić information content (AvgIpc) is 2.67. The Balaban J connectivity index is 1.74. The molecule has 2 aromatic rings. The highest BCUT2D eigenvalue weighted by molar-refractivity contribution is 5.96. The predicted molar refractivity (Wildman–Crippen MR) is 96.0 cm³/mol. The molecule has 3 rings (SSSR count). The summed E-state index contributed by atoms with van der Waals surface area (Å²) in [6.45, 7) is 0.211. The van der Waals surface area contributed by atoms with Gasteiger partial charge in [-0.3, -0.25) is 4.79 Å². The molecule has 25 heavy (non-hydrogen) atoms. The van der Waals surface area contributed by atoms with E-state index in [0.29, 0.717) is 18.4 Å². The molecule has 0 amide bonds. The van der Waals surface area contributed by atoms with Crippen molar-refractivity contribution in [2.45, 2.75) is 25.0 Å². The normalized spacial score (nSPS) is 19.8. The summed E-state index contributed by atoms with van der Waals surface area (Å²) in [5.41, 5.74) is 1.68. The van der Waals surface area contributed by atoms with E-state index in [0.717, 1.165) is 11.3 Å². The van der Waals surface area contributed by atoms with E-state index < -0.39 is 0 Å². The van der Waals surface area contributed by atoms with E-state index in [1.54, 1.807) is 7.11 Å². The first-order chi connectivity index (χ1) is 12.3. The first-order valence-electron chi connectivity index (χ1n) is 8.39. The summed E-state index contributed by atoms with van der Waals surface area (Å²) in [5, 5.41) is 0. The van der Waals surface area contributed by atoms with Crippen LogP contribution in [0.1, 0.15) is 28.8 Å². The number of carbonyl (C=O) groups excluding carboxylic acids is 1. The molecule has 0 saturated carbocycles. The molecule has 1 aliphatic rings. The number of ether oxygens (including phenoxy) is 3. The van der Waals surface area contributed by atoms with E-state index in [4.69, 9.17) is 14.2 Å². The molecule has 130 valence electrons. The monoisotopic (exact) mass is 338 g/mol. The van der Waals surface area contributed by atoms with E-state index in [9.17, 15) is 4.79 Å². The molecule has 4 heteroatoms. The lowest BCUT2D eigenvalue weighted by Crippen LogP contribution is -2.29. The van der Waals surface area contributed by atoms with E-state index in [1.165, 1.54) is 0 Å². The molecule has 0 unspecified atom stereocenters. The van der Waals surface area contributed by atoms with Gasteiger partial charge in [0, 0.05) is 31.1 Å². The molecule has 0 saturated heterocycles. The summed E-state index contributed by atoms with van der Waals surface area (Å²) in [6.07, 6.45) is 2.53. The number of ketones is 1. The van der Waals surface area contributed by atoms with Crippen molar-refractivity contribution < 1.29 is 19.0 Å². The van der Waals surface area contributed by atoms with Crippen LogP contribution in [0.5, 0.6) is 0 Å². The maximum atomic E-state index is 12.5. The van der Waals surface area contributed by atoms with Crippen LogP contribution in [0.3, 0.4) is 0 Å². The number of hydrogen-bond donors (Lipinski definition) is 0. The molecule has 1 aliphatic heterocycles. The molecule has 0 N–H and O–H groups in total. The lowest BCUT2D eigenvalue weighted by molar-refractivity contribution is -0.0724. The van der Waals surface area contributed by atoms with E-state index in [2.05, 4.69) is 0 Å². The number of Topliss-reactive ketones (excluding diaryl/α,β-unsaturated/α-hetero) is 1. The third-order valence-corrected chi connectivity index (χ3v) is 4.09. The molecular weight excluding hydrogens is 316 g/mol. The topological polar surface area (TPSA) is 44.8 Å². The third-order valence-electron chi connectivity index (χ3n) is 4.09. The van der Waals surface area contributed by atoms with Crippen molar-refractivity contribution in [3.05, 3.63) is 77.9 Å². The summed E-state index contributed by atoms with van der Waals surface area (Å²) in [6, 6.07) is 19.2. The van der Waals surface area contributed by atoms with E-state index in [-0.39, 0.29) is 24.8 Å². The number of rotatable bonds is 7. The van der Waals surface area contributed by atoms with Gasteiger partial charge in [0.25, 0.3) is 0 Å². The minimum Gasteiger partial charge on any atom is -0.489 e. The Labute approximate surface area is 148 Å². The minimum absolute atomic E-state index is 0.0744. The molecular formula is C21H22O4. The summed E-state index contributed by atoms with van der Waals surface area (Å²) in [7, 11) is 1.59. The van der Waals surface area contributed by atoms with Crippen molar-refractivity contribution in [2.75, 3.05) is 13.9 Å². The van der Waals surface area contributed by atoms with Gasteiger partial charge in [-0.2, -0.15) is 0 Å². The van der Waals surface area contributed by atoms with Crippen molar-refractivity contribution in [1.29, 1.82) is 0 Å². The lowest BCUT2D eigenvalue weighted by Gasteiger charge is -2.29. The van der Waals surface area contributed by atoms with Gasteiger partial charge in [0.2, 0.25) is 0 Å². The zero-order valence-electron chi connectivity index (χ0n) is 14.3. The number of carbonyl (C=O) groups is 1. The van der Waals surface area contributed by atoms with Crippen LogP contribution in [0.25, 0.3) is 5.76 Å². The Hall–Kier alpha value is -2.43. The number of benzene rings is 2. The molecule has 0 bridgehead atoms. The summed E-state index contributed by atoms with van der Waals surface area (Å²) in [5.74, 6) is 0.823. The van der Waals surface area contributed by atoms with Gasteiger partial charge in [-0.05, 0) is 6.08 Å². The van der Waals surface area contributed by atoms with Crippen LogP contribution in [0.2, 0.25) is 0 Å². The minimum atomic E-state index is -0.227. The molecule has 2 aromatic carbocycles. The number of methoxy groups -OCH3 is 1. The predicted octanol–water partition coefficient (Wildman–Crippen LogP) is 4.08. The van der Waals surface area contributed by atoms with E-state index >= 15 is 0 Å². The van der Waals surface area contributed by atoms with Crippen molar-refractivity contribution in [2.24, 2.45) is 0 Å². The Morgan fingerprint density at radius 3 is 2.44 bits per heavy atom. The maximum absolute atomic E-state index is 12.5. The molecule has 0 aliphatic carbocycles. The average molecular weight is 338 g/mol. The molecule has 1 heterocycles. The second-order valence-corrected chi connectivity index (χ2v) is 5.98. The highest BCUT2D eigenvalue weighted by Crippen LogP contribution is 2.29. The number of hydrogen-bond acceptors (Lipinski definition) is 4. The Morgan fingerprint density at radius 2 is 1.76 bits per heavy atom. The Morgan fingerprint density at radius 1 is 1.08 bits per heavy atom. The Bertz CT molecular complexity index is 709. The zero-order chi connectivity index (χ0) is 17.5. The van der Waals surface area contributed by atoms with Crippen molar-refractivity contribution >= 4 is 11.5 Å². The zero-order valence-corrected chi connectivity index (χ0v) is 14.3. The van der Waals surface area contributed by atoms with Gasteiger partial charge < -0.3 is 14.2 Å². The molecule has 4 nitrogen and oxygen atoms in total. The summed E-state index contributed by atoms with van der Waals surface area (Å²) < 4.78 is 16.8. The fourth-order valence-electron chi connectivity index (χ4n) is 2.87. The van der Waals surface area contributed by atoms with Crippen molar-refractivity contribution in [3.8, 4) is 0 Å². The van der Waals surface area contributed by atoms with Crippen LogP contribution in [-0.2, 0) is 14.2 Å². The van der Waals surface area contributed by atoms with Crippen LogP contribution in [0.15, 0.2) is 66.7 Å². The van der Waals surface area contributed by atoms with Crippen LogP contribution in [-0.4, -0.2) is 31.9 Å². The second-order valence-electron chi connectivity index (χ2n) is 5.98. The standard InChI is InChI=1S/C21H22O4/c1-23-15-24-18-12-19(13-20(22)16-8-4-2-5-9-16)25-21(14-18)17-10-6-3-7-11-17/h2-11,14,18-19H,12-13,15H2,1H3/t18-,19-/m0/s1. The Kier molecular flexibility index (Phi) is 5.99. The van der Waals surface area contributed by atoms with E-state index in [1.807, 2.05) is 66.7 Å². The largest absolute Gasteiger partial charge is 0.489 e. The van der Waals surface area contributed by atoms with Gasteiger partial charge in [-0.1, -0.05) is 60.7 Å². The van der Waals surface area contributed by atoms with Gasteiger partial charge in [-0.25, -0.2) is 0 Å². The van der Waals surface area contributed by atoms with Gasteiger partial charge >= 0.3 is 0 Å². The highest BCUT2D eigenvalue weighted by Gasteiger charge is 2.27. The highest BCUT2D eigenvalue weighted by atomic mass is 16.7. The van der Waals surface area contributed by atoms with Gasteiger partial charge in [0.05, 0.1) is 6.10 Å². The van der Waals surface area contributed by atoms with Crippen LogP contribution in [0, 0.1) is 0 Å². The second kappa shape index (κ2) is 8.60. The van der Waals surface area contributed by atoms with Crippen molar-refractivity contribution in [1.82, 2.24) is 0 Å². The molecule has 2 atom stereocenters. The maximum Gasteiger partial charge on any atom is 0.166 e. The molecule has 0 aromatic heterocycles. The fraction of sp³-hybridized carbons (Fsp3) is 0.286. The molecule has 0 fully saturated rings. The van der Waals surface area contributed by atoms with Crippen molar-refractivity contribution in [3.63, 3.8) is 0 Å². The van der Waals surface area contributed by atoms with Gasteiger partial charge in [0.15, 0.2) is 5.78 Å². The quantitative estimate of drug-likeness (QED) is 0.564. The summed E-state index contributed by atoms with van der Waals surface area (Å²) in [4.78, 5) is 12.5. The van der Waals surface area contributed by atoms with Crippen LogP contribution >= 0.6 is 0 Å². The molecule has 0 radical (unpaired) electrons. The van der Waals surface area contributed by atoms with Crippen LogP contribution < -0.4 is 0 Å². The fourth-order valence-corrected chi connectivity index (χ4v) is 2.87. The smallest absolute Gasteiger partial charge is 0.166 e. The van der Waals surface area contributed by atoms with Gasteiger partial charge in [-0.15, -0.1) is 0 Å². The summed E-state index contributed by atoms with van der Waals surface area (Å²) >= 11 is 0. The first-order valence-corrected chi connectivity index (χ1v) is 8.39. The first kappa shape index (κ1) is 17.4. The molecule has 0 spiro atoms. The lowest BCUT2D eigenvalue weighted by atomic mass is 9.98. The van der Waals surface area contributed by atoms with Crippen LogP contribution in [0.4, 0.5) is 0 Å².